The number of carbonyl (C=O) groups is 2. The van der Waals surface area contributed by atoms with E-state index in [1.807, 2.05) is 0 Å². The second-order valence-corrected chi connectivity index (χ2v) is 5.51. The van der Waals surface area contributed by atoms with E-state index in [2.05, 4.69) is 10.6 Å². The van der Waals surface area contributed by atoms with E-state index < -0.39 is 5.41 Å². The van der Waals surface area contributed by atoms with Gasteiger partial charge in [0.2, 0.25) is 11.8 Å². The van der Waals surface area contributed by atoms with Gasteiger partial charge in [-0.3, -0.25) is 9.59 Å². The molecule has 2 N–H and O–H groups in total. The molecule has 0 bridgehead atoms. The molecule has 5 nitrogen and oxygen atoms in total. The van der Waals surface area contributed by atoms with Gasteiger partial charge in [-0.15, -0.1) is 0 Å². The van der Waals surface area contributed by atoms with Crippen molar-refractivity contribution in [2.75, 3.05) is 12.4 Å². The van der Waals surface area contributed by atoms with Crippen LogP contribution in [0, 0.1) is 5.41 Å². The average Bonchev–Trinajstić information content (AvgIpc) is 3.33. The Morgan fingerprint density at radius 3 is 2.30 bits per heavy atom. The van der Waals surface area contributed by atoms with Gasteiger partial charge in [0.25, 0.3) is 0 Å². The maximum atomic E-state index is 12.3. The number of hydrogen-bond acceptors (Lipinski definition) is 3. The minimum Gasteiger partial charge on any atom is -0.497 e. The van der Waals surface area contributed by atoms with Crippen LogP contribution in [0.5, 0.6) is 5.75 Å². The molecule has 0 saturated heterocycles. The van der Waals surface area contributed by atoms with Crippen LogP contribution in [0.25, 0.3) is 0 Å². The van der Waals surface area contributed by atoms with Crippen molar-refractivity contribution in [1.29, 1.82) is 0 Å². The van der Waals surface area contributed by atoms with Gasteiger partial charge < -0.3 is 15.4 Å². The highest BCUT2D eigenvalue weighted by Gasteiger charge is 2.57. The summed E-state index contributed by atoms with van der Waals surface area (Å²) in [5, 5.41) is 5.74. The number of amides is 2. The summed E-state index contributed by atoms with van der Waals surface area (Å²) < 4.78 is 5.07. The Kier molecular flexibility index (Phi) is 3.12. The molecule has 0 radical (unpaired) electrons. The zero-order valence-electron chi connectivity index (χ0n) is 11.4. The van der Waals surface area contributed by atoms with Crippen LogP contribution >= 0.6 is 0 Å². The van der Waals surface area contributed by atoms with Crippen molar-refractivity contribution in [3.63, 3.8) is 0 Å². The molecule has 0 atom stereocenters. The number of nitrogens with one attached hydrogen (secondary N) is 2. The minimum atomic E-state index is -0.845. The lowest BCUT2D eigenvalue weighted by Gasteiger charge is -2.15. The zero-order chi connectivity index (χ0) is 14.2. The molecular weight excluding hydrogens is 256 g/mol. The summed E-state index contributed by atoms with van der Waals surface area (Å²) in [6.45, 7) is 0. The van der Waals surface area contributed by atoms with E-state index in [1.165, 1.54) is 0 Å². The van der Waals surface area contributed by atoms with Crippen LogP contribution in [0.15, 0.2) is 24.3 Å². The quantitative estimate of drug-likeness (QED) is 0.803. The molecule has 2 fully saturated rings. The van der Waals surface area contributed by atoms with Crippen molar-refractivity contribution in [3.05, 3.63) is 24.3 Å². The number of ether oxygens (including phenoxy) is 1. The topological polar surface area (TPSA) is 67.4 Å². The molecule has 2 amide bonds. The van der Waals surface area contributed by atoms with E-state index in [0.717, 1.165) is 18.6 Å². The first kappa shape index (κ1) is 13.0. The molecule has 5 heteroatoms. The van der Waals surface area contributed by atoms with E-state index in [4.69, 9.17) is 4.74 Å². The molecule has 1 aromatic rings. The van der Waals surface area contributed by atoms with Crippen molar-refractivity contribution in [2.45, 2.75) is 31.7 Å². The summed E-state index contributed by atoms with van der Waals surface area (Å²) in [5.41, 5.74) is -0.163. The summed E-state index contributed by atoms with van der Waals surface area (Å²) in [6.07, 6.45) is 3.32. The van der Waals surface area contributed by atoms with Crippen LogP contribution in [0.3, 0.4) is 0 Å². The molecule has 1 aromatic carbocycles. The first-order valence-electron chi connectivity index (χ1n) is 6.90. The van der Waals surface area contributed by atoms with Crippen LogP contribution in [-0.4, -0.2) is 25.0 Å². The first-order chi connectivity index (χ1) is 9.64. The summed E-state index contributed by atoms with van der Waals surface area (Å²) in [5.74, 6) is 0.405. The lowest BCUT2D eigenvalue weighted by Crippen LogP contribution is -2.40. The summed E-state index contributed by atoms with van der Waals surface area (Å²) in [7, 11) is 1.59. The number of benzene rings is 1. The normalized spacial score (nSPS) is 19.1. The molecule has 2 saturated carbocycles. The van der Waals surface area contributed by atoms with Crippen molar-refractivity contribution >= 4 is 17.5 Å². The Balaban J connectivity index is 1.64. The Labute approximate surface area is 117 Å². The highest BCUT2D eigenvalue weighted by molar-refractivity contribution is 6.13. The zero-order valence-corrected chi connectivity index (χ0v) is 11.4. The molecule has 0 spiro atoms. The van der Waals surface area contributed by atoms with Gasteiger partial charge in [0, 0.05) is 11.7 Å². The van der Waals surface area contributed by atoms with Gasteiger partial charge in [0.15, 0.2) is 0 Å². The first-order valence-corrected chi connectivity index (χ1v) is 6.90. The van der Waals surface area contributed by atoms with Crippen LogP contribution < -0.4 is 15.4 Å². The Morgan fingerprint density at radius 2 is 1.80 bits per heavy atom. The van der Waals surface area contributed by atoms with Crippen molar-refractivity contribution < 1.29 is 14.3 Å². The molecule has 106 valence electrons. The van der Waals surface area contributed by atoms with E-state index in [1.54, 1.807) is 31.4 Å². The molecule has 0 unspecified atom stereocenters. The van der Waals surface area contributed by atoms with Gasteiger partial charge in [0.05, 0.1) is 7.11 Å². The van der Waals surface area contributed by atoms with Gasteiger partial charge >= 0.3 is 0 Å². The van der Waals surface area contributed by atoms with E-state index in [0.29, 0.717) is 18.5 Å². The van der Waals surface area contributed by atoms with Crippen molar-refractivity contribution in [3.8, 4) is 5.75 Å². The third kappa shape index (κ3) is 2.48. The van der Waals surface area contributed by atoms with E-state index in [-0.39, 0.29) is 17.9 Å². The highest BCUT2D eigenvalue weighted by Crippen LogP contribution is 2.47. The Bertz CT molecular complexity index is 531. The second-order valence-electron chi connectivity index (χ2n) is 5.51. The summed E-state index contributed by atoms with van der Waals surface area (Å²) in [6, 6.07) is 7.38. The van der Waals surface area contributed by atoms with Gasteiger partial charge in [-0.25, -0.2) is 0 Å². The van der Waals surface area contributed by atoms with Gasteiger partial charge in [-0.1, -0.05) is 0 Å². The maximum absolute atomic E-state index is 12.3. The molecule has 0 aliphatic heterocycles. The highest BCUT2D eigenvalue weighted by atomic mass is 16.5. The second kappa shape index (κ2) is 4.81. The summed E-state index contributed by atoms with van der Waals surface area (Å²) in [4.78, 5) is 24.4. The van der Waals surface area contributed by atoms with Crippen LogP contribution in [0.2, 0.25) is 0 Å². The fourth-order valence-electron chi connectivity index (χ4n) is 2.16. The van der Waals surface area contributed by atoms with Crippen LogP contribution in [0.1, 0.15) is 25.7 Å². The Morgan fingerprint density at radius 1 is 1.15 bits per heavy atom. The molecule has 2 aliphatic rings. The largest absolute Gasteiger partial charge is 0.497 e. The molecular formula is C15H18N2O3. The maximum Gasteiger partial charge on any atom is 0.240 e. The van der Waals surface area contributed by atoms with Gasteiger partial charge in [-0.05, 0) is 49.9 Å². The monoisotopic (exact) mass is 274 g/mol. The Hall–Kier alpha value is -2.04. The van der Waals surface area contributed by atoms with Crippen LogP contribution in [0.4, 0.5) is 5.69 Å². The number of anilines is 1. The van der Waals surface area contributed by atoms with E-state index >= 15 is 0 Å². The molecule has 0 heterocycles. The number of rotatable bonds is 5. The SMILES string of the molecule is COc1ccc(NC(=O)C2(C(=O)NC3CC3)CC2)cc1. The number of methoxy groups -OCH3 is 1. The fraction of sp³-hybridized carbons (Fsp3) is 0.467. The van der Waals surface area contributed by atoms with Crippen LogP contribution in [-0.2, 0) is 9.59 Å². The lowest BCUT2D eigenvalue weighted by atomic mass is 10.0. The molecule has 20 heavy (non-hydrogen) atoms. The molecule has 2 aliphatic carbocycles. The summed E-state index contributed by atoms with van der Waals surface area (Å²) >= 11 is 0. The molecule has 0 aromatic heterocycles. The predicted octanol–water partition coefficient (Wildman–Crippen LogP) is 1.69. The fourth-order valence-corrected chi connectivity index (χ4v) is 2.16. The smallest absolute Gasteiger partial charge is 0.240 e. The number of carbonyl (C=O) groups excluding carboxylic acids is 2. The average molecular weight is 274 g/mol. The molecule has 3 rings (SSSR count). The van der Waals surface area contributed by atoms with Crippen molar-refractivity contribution in [1.82, 2.24) is 5.32 Å². The van der Waals surface area contributed by atoms with E-state index in [9.17, 15) is 9.59 Å². The standard InChI is InChI=1S/C15H18N2O3/c1-20-12-6-4-11(5-7-12)17-14(19)15(8-9-15)13(18)16-10-2-3-10/h4-7,10H,2-3,8-9H2,1H3,(H,16,18)(H,17,19). The van der Waals surface area contributed by atoms with Gasteiger partial charge in [-0.2, -0.15) is 0 Å². The number of hydrogen-bond donors (Lipinski definition) is 2. The van der Waals surface area contributed by atoms with Crippen molar-refractivity contribution in [2.24, 2.45) is 5.41 Å². The lowest BCUT2D eigenvalue weighted by molar-refractivity contribution is -0.134. The third-order valence-electron chi connectivity index (χ3n) is 3.88. The van der Waals surface area contributed by atoms with Gasteiger partial charge in [0.1, 0.15) is 11.2 Å². The predicted molar refractivity (Wildman–Crippen MR) is 74.5 cm³/mol. The third-order valence-corrected chi connectivity index (χ3v) is 3.88. The minimum absolute atomic E-state index is 0.119.